The molecule has 38 heavy (non-hydrogen) atoms. The van der Waals surface area contributed by atoms with Gasteiger partial charge >= 0.3 is 0 Å². The van der Waals surface area contributed by atoms with Crippen LogP contribution in [-0.2, 0) is 6.54 Å². The van der Waals surface area contributed by atoms with E-state index in [0.717, 1.165) is 11.1 Å². The van der Waals surface area contributed by atoms with Gasteiger partial charge < -0.3 is 10.6 Å². The second-order valence-corrected chi connectivity index (χ2v) is 10.3. The Morgan fingerprint density at radius 3 is 2.39 bits per heavy atom. The van der Waals surface area contributed by atoms with Gasteiger partial charge in [0, 0.05) is 17.1 Å². The first-order valence-electron chi connectivity index (χ1n) is 12.6. The lowest BCUT2D eigenvalue weighted by Gasteiger charge is -2.36. The summed E-state index contributed by atoms with van der Waals surface area (Å²) in [5.74, 6) is -0.195. The van der Waals surface area contributed by atoms with E-state index in [-0.39, 0.29) is 37.0 Å². The first-order chi connectivity index (χ1) is 18.2. The average molecular weight is 535 g/mol. The van der Waals surface area contributed by atoms with E-state index in [1.165, 1.54) is 4.90 Å². The average Bonchev–Trinajstić information content (AvgIpc) is 2.90. The number of benzene rings is 3. The van der Waals surface area contributed by atoms with Crippen molar-refractivity contribution in [3.8, 4) is 0 Å². The summed E-state index contributed by atoms with van der Waals surface area (Å²) in [5.41, 5.74) is 8.13. The van der Waals surface area contributed by atoms with Crippen LogP contribution < -0.4 is 11.3 Å². The van der Waals surface area contributed by atoms with E-state index < -0.39 is 12.2 Å². The molecule has 0 saturated heterocycles. The van der Waals surface area contributed by atoms with Crippen molar-refractivity contribution >= 4 is 28.4 Å². The highest BCUT2D eigenvalue weighted by Crippen LogP contribution is 2.31. The Hall–Kier alpha value is -3.55. The van der Waals surface area contributed by atoms with Crippen molar-refractivity contribution < 1.29 is 9.18 Å². The van der Waals surface area contributed by atoms with E-state index in [1.54, 1.807) is 34.9 Å². The van der Waals surface area contributed by atoms with Crippen molar-refractivity contribution in [2.45, 2.75) is 39.5 Å². The van der Waals surface area contributed by atoms with Crippen LogP contribution in [0.15, 0.2) is 77.6 Å². The Morgan fingerprint density at radius 2 is 1.76 bits per heavy atom. The zero-order valence-electron chi connectivity index (χ0n) is 21.8. The molecule has 8 heteroatoms. The zero-order chi connectivity index (χ0) is 27.4. The quantitative estimate of drug-likeness (QED) is 0.305. The number of aromatic nitrogens is 2. The van der Waals surface area contributed by atoms with Gasteiger partial charge in [-0.15, -0.1) is 0 Å². The van der Waals surface area contributed by atoms with Crippen LogP contribution in [0.5, 0.6) is 0 Å². The summed E-state index contributed by atoms with van der Waals surface area (Å²) in [6, 6.07) is 20.9. The molecule has 0 aliphatic carbocycles. The maximum absolute atomic E-state index is 14.9. The number of alkyl halides is 1. The molecule has 1 aromatic heterocycles. The highest BCUT2D eigenvalue weighted by atomic mass is 35.5. The van der Waals surface area contributed by atoms with Crippen molar-refractivity contribution in [3.05, 3.63) is 111 Å². The van der Waals surface area contributed by atoms with Crippen molar-refractivity contribution in [2.75, 3.05) is 13.1 Å². The number of hydrogen-bond acceptors (Lipinski definition) is 4. The van der Waals surface area contributed by atoms with E-state index in [4.69, 9.17) is 22.3 Å². The summed E-state index contributed by atoms with van der Waals surface area (Å²) < 4.78 is 16.5. The molecule has 1 heterocycles. The lowest BCUT2D eigenvalue weighted by molar-refractivity contribution is 0.0534. The van der Waals surface area contributed by atoms with Crippen LogP contribution in [0.1, 0.15) is 47.2 Å². The highest BCUT2D eigenvalue weighted by Gasteiger charge is 2.34. The molecule has 198 valence electrons. The van der Waals surface area contributed by atoms with E-state index in [9.17, 15) is 14.0 Å². The molecule has 0 fully saturated rings. The van der Waals surface area contributed by atoms with Gasteiger partial charge in [0.1, 0.15) is 12.0 Å². The smallest absolute Gasteiger partial charge is 0.261 e. The SMILES string of the molecule is Cc1ccc(C(=O)N(CC(F)CN)[C@H](c2nc3cc(Cl)ccc3c(=O)n2Cc2ccccc2)C(C)C)cc1. The molecule has 0 spiro atoms. The number of carbonyl (C=O) groups excluding carboxylic acids is 1. The molecule has 2 atom stereocenters. The van der Waals surface area contributed by atoms with Crippen LogP contribution in [-0.4, -0.2) is 39.6 Å². The summed E-state index contributed by atoms with van der Waals surface area (Å²) in [6.07, 6.45) is -1.45. The number of carbonyl (C=O) groups is 1. The number of hydrogen-bond donors (Lipinski definition) is 1. The minimum atomic E-state index is -1.45. The molecule has 6 nitrogen and oxygen atoms in total. The van der Waals surface area contributed by atoms with E-state index in [0.29, 0.717) is 27.3 Å². The first-order valence-corrected chi connectivity index (χ1v) is 13.0. The van der Waals surface area contributed by atoms with Crippen LogP contribution in [0, 0.1) is 12.8 Å². The van der Waals surface area contributed by atoms with Gasteiger partial charge in [-0.3, -0.25) is 14.2 Å². The standard InChI is InChI=1S/C30H32ClFN4O2/c1-19(2)27(35(18-24(32)16-33)29(37)22-11-9-20(3)10-12-22)28-34-26-15-23(31)13-14-25(26)30(38)36(28)17-21-7-5-4-6-8-21/h4-15,19,24,27H,16-18,33H2,1-3H3/t24?,27-/m0/s1. The lowest BCUT2D eigenvalue weighted by atomic mass is 9.98. The molecule has 0 bridgehead atoms. The molecule has 0 aliphatic rings. The Kier molecular flexibility index (Phi) is 8.59. The van der Waals surface area contributed by atoms with Crippen molar-refractivity contribution in [1.29, 1.82) is 0 Å². The molecule has 4 rings (SSSR count). The predicted octanol–water partition coefficient (Wildman–Crippen LogP) is 5.54. The van der Waals surface area contributed by atoms with E-state index in [1.807, 2.05) is 63.2 Å². The van der Waals surface area contributed by atoms with Crippen molar-refractivity contribution in [3.63, 3.8) is 0 Å². The normalized spacial score (nSPS) is 13.0. The minimum Gasteiger partial charge on any atom is -0.328 e. The Balaban J connectivity index is 1.95. The Morgan fingerprint density at radius 1 is 1.08 bits per heavy atom. The molecular weight excluding hydrogens is 503 g/mol. The summed E-state index contributed by atoms with van der Waals surface area (Å²) in [6.45, 7) is 5.56. The molecule has 0 radical (unpaired) electrons. The fraction of sp³-hybridized carbons (Fsp3) is 0.300. The Labute approximate surface area is 226 Å². The number of aryl methyl sites for hydroxylation is 1. The van der Waals surface area contributed by atoms with Crippen LogP contribution in [0.25, 0.3) is 10.9 Å². The van der Waals surface area contributed by atoms with Gasteiger partial charge in [-0.1, -0.05) is 73.5 Å². The maximum atomic E-state index is 14.9. The summed E-state index contributed by atoms with van der Waals surface area (Å²) in [5, 5.41) is 0.857. The fourth-order valence-electron chi connectivity index (χ4n) is 4.63. The lowest BCUT2D eigenvalue weighted by Crippen LogP contribution is -2.45. The number of fused-ring (bicyclic) bond motifs is 1. The largest absolute Gasteiger partial charge is 0.328 e. The molecule has 3 aromatic carbocycles. The van der Waals surface area contributed by atoms with Gasteiger partial charge in [0.15, 0.2) is 0 Å². The molecule has 1 unspecified atom stereocenters. The van der Waals surface area contributed by atoms with Gasteiger partial charge in [-0.2, -0.15) is 0 Å². The third-order valence-electron chi connectivity index (χ3n) is 6.57. The van der Waals surface area contributed by atoms with Crippen molar-refractivity contribution in [1.82, 2.24) is 14.5 Å². The third-order valence-corrected chi connectivity index (χ3v) is 6.81. The fourth-order valence-corrected chi connectivity index (χ4v) is 4.79. The topological polar surface area (TPSA) is 81.2 Å². The van der Waals surface area contributed by atoms with E-state index in [2.05, 4.69) is 0 Å². The Bertz CT molecular complexity index is 1470. The summed E-state index contributed by atoms with van der Waals surface area (Å²) in [7, 11) is 0. The molecule has 0 aliphatic heterocycles. The van der Waals surface area contributed by atoms with Crippen LogP contribution >= 0.6 is 11.6 Å². The van der Waals surface area contributed by atoms with Gasteiger partial charge in [-0.25, -0.2) is 9.37 Å². The number of nitrogens with two attached hydrogens (primary N) is 1. The highest BCUT2D eigenvalue weighted by molar-refractivity contribution is 6.31. The molecule has 4 aromatic rings. The van der Waals surface area contributed by atoms with Crippen LogP contribution in [0.4, 0.5) is 4.39 Å². The van der Waals surface area contributed by atoms with Crippen LogP contribution in [0.3, 0.4) is 0 Å². The van der Waals surface area contributed by atoms with Gasteiger partial charge in [-0.05, 0) is 48.7 Å². The molecular formula is C30H32ClFN4O2. The molecule has 0 saturated carbocycles. The van der Waals surface area contributed by atoms with Gasteiger partial charge in [0.2, 0.25) is 0 Å². The van der Waals surface area contributed by atoms with E-state index >= 15 is 0 Å². The van der Waals surface area contributed by atoms with Gasteiger partial charge in [0.05, 0.1) is 30.0 Å². The minimum absolute atomic E-state index is 0.208. The number of halogens is 2. The second kappa shape index (κ2) is 11.9. The predicted molar refractivity (Wildman–Crippen MR) is 150 cm³/mol. The zero-order valence-corrected chi connectivity index (χ0v) is 22.5. The summed E-state index contributed by atoms with van der Waals surface area (Å²) >= 11 is 6.25. The van der Waals surface area contributed by atoms with Crippen LogP contribution in [0.2, 0.25) is 5.02 Å². The maximum Gasteiger partial charge on any atom is 0.261 e. The van der Waals surface area contributed by atoms with Gasteiger partial charge in [0.25, 0.3) is 11.5 Å². The second-order valence-electron chi connectivity index (χ2n) is 9.85. The molecule has 1 amide bonds. The summed E-state index contributed by atoms with van der Waals surface area (Å²) in [4.78, 5) is 34.1. The number of amides is 1. The number of nitrogens with zero attached hydrogens (tertiary/aromatic N) is 3. The number of rotatable bonds is 9. The molecule has 2 N–H and O–H groups in total. The van der Waals surface area contributed by atoms with Crippen molar-refractivity contribution in [2.24, 2.45) is 11.7 Å². The first kappa shape index (κ1) is 27.5. The third kappa shape index (κ3) is 5.95. The monoisotopic (exact) mass is 534 g/mol.